The zero-order valence-corrected chi connectivity index (χ0v) is 11.1. The van der Waals surface area contributed by atoms with Crippen LogP contribution in [0.2, 0.25) is 0 Å². The van der Waals surface area contributed by atoms with E-state index in [1.165, 1.54) is 12.8 Å². The van der Waals surface area contributed by atoms with Gasteiger partial charge in [-0.15, -0.1) is 0 Å². The van der Waals surface area contributed by atoms with E-state index in [1.54, 1.807) is 12.3 Å². The van der Waals surface area contributed by atoms with Crippen molar-refractivity contribution in [2.75, 3.05) is 18.4 Å². The molecule has 2 N–H and O–H groups in total. The molecule has 1 aliphatic rings. The van der Waals surface area contributed by atoms with E-state index in [9.17, 15) is 0 Å². The number of anilines is 1. The molecule has 1 aliphatic carbocycles. The number of hydrogen-bond donors (Lipinski definition) is 2. The highest BCUT2D eigenvalue weighted by Gasteiger charge is 2.19. The maximum Gasteiger partial charge on any atom is 0.225 e. The van der Waals surface area contributed by atoms with Crippen molar-refractivity contribution in [2.24, 2.45) is 0 Å². The minimum absolute atomic E-state index is 0.135. The maximum absolute atomic E-state index is 5.52. The standard InChI is InChI=1S/C13H22N4O/c1-10(2)18-12-6-9-16-13(17-12)15-8-3-7-14-11-4-5-11/h6,9-11,14H,3-5,7-8H2,1-2H3,(H,15,16,17). The molecule has 1 aromatic rings. The fourth-order valence-electron chi connectivity index (χ4n) is 1.62. The summed E-state index contributed by atoms with van der Waals surface area (Å²) in [4.78, 5) is 8.46. The molecule has 0 aromatic carbocycles. The van der Waals surface area contributed by atoms with E-state index in [-0.39, 0.29) is 6.10 Å². The third-order valence-corrected chi connectivity index (χ3v) is 2.63. The van der Waals surface area contributed by atoms with E-state index < -0.39 is 0 Å². The lowest BCUT2D eigenvalue weighted by Crippen LogP contribution is -2.20. The molecule has 0 spiro atoms. The number of rotatable bonds is 8. The van der Waals surface area contributed by atoms with Crippen LogP contribution in [0, 0.1) is 0 Å². The SMILES string of the molecule is CC(C)Oc1ccnc(NCCCNC2CC2)n1. The molecule has 0 amide bonds. The molecule has 1 aromatic heterocycles. The van der Waals surface area contributed by atoms with Crippen molar-refractivity contribution in [1.29, 1.82) is 0 Å². The fourth-order valence-corrected chi connectivity index (χ4v) is 1.62. The van der Waals surface area contributed by atoms with Gasteiger partial charge < -0.3 is 15.4 Å². The second-order valence-electron chi connectivity index (χ2n) is 4.89. The predicted molar refractivity (Wildman–Crippen MR) is 71.9 cm³/mol. The summed E-state index contributed by atoms with van der Waals surface area (Å²) in [5.41, 5.74) is 0. The smallest absolute Gasteiger partial charge is 0.225 e. The highest BCUT2D eigenvalue weighted by atomic mass is 16.5. The van der Waals surface area contributed by atoms with Crippen LogP contribution in [-0.4, -0.2) is 35.2 Å². The van der Waals surface area contributed by atoms with E-state index in [2.05, 4.69) is 20.6 Å². The highest BCUT2D eigenvalue weighted by Crippen LogP contribution is 2.18. The minimum atomic E-state index is 0.135. The van der Waals surface area contributed by atoms with Gasteiger partial charge in [-0.3, -0.25) is 0 Å². The normalized spacial score (nSPS) is 14.8. The average Bonchev–Trinajstić information content (AvgIpc) is 3.12. The summed E-state index contributed by atoms with van der Waals surface area (Å²) in [6.07, 6.45) is 5.61. The summed E-state index contributed by atoms with van der Waals surface area (Å²) < 4.78 is 5.52. The first kappa shape index (κ1) is 13.1. The Morgan fingerprint density at radius 2 is 2.22 bits per heavy atom. The summed E-state index contributed by atoms with van der Waals surface area (Å²) in [5.74, 6) is 1.26. The molecule has 0 bridgehead atoms. The zero-order valence-electron chi connectivity index (χ0n) is 11.1. The van der Waals surface area contributed by atoms with Gasteiger partial charge in [0.15, 0.2) is 0 Å². The van der Waals surface area contributed by atoms with Crippen LogP contribution in [0.3, 0.4) is 0 Å². The van der Waals surface area contributed by atoms with Crippen LogP contribution in [0.1, 0.15) is 33.1 Å². The number of aromatic nitrogens is 2. The first-order valence-electron chi connectivity index (χ1n) is 6.71. The van der Waals surface area contributed by atoms with Gasteiger partial charge in [-0.05, 0) is 39.7 Å². The number of nitrogens with one attached hydrogen (secondary N) is 2. The van der Waals surface area contributed by atoms with Crippen LogP contribution >= 0.6 is 0 Å². The Labute approximate surface area is 108 Å². The van der Waals surface area contributed by atoms with Gasteiger partial charge in [0.05, 0.1) is 6.10 Å². The Balaban J connectivity index is 1.67. The first-order chi connectivity index (χ1) is 8.74. The lowest BCUT2D eigenvalue weighted by atomic mass is 10.4. The largest absolute Gasteiger partial charge is 0.475 e. The molecule has 100 valence electrons. The van der Waals surface area contributed by atoms with E-state index in [1.807, 2.05) is 13.8 Å². The Bertz CT molecular complexity index is 366. The molecule has 5 heteroatoms. The van der Waals surface area contributed by atoms with Gasteiger partial charge in [0.1, 0.15) is 0 Å². The van der Waals surface area contributed by atoms with Gasteiger partial charge in [0, 0.05) is 24.8 Å². The van der Waals surface area contributed by atoms with Crippen LogP contribution < -0.4 is 15.4 Å². The summed E-state index contributed by atoms with van der Waals surface area (Å²) in [7, 11) is 0. The molecule has 0 radical (unpaired) electrons. The molecular formula is C13H22N4O. The number of nitrogens with zero attached hydrogens (tertiary/aromatic N) is 2. The number of ether oxygens (including phenoxy) is 1. The van der Waals surface area contributed by atoms with E-state index in [0.717, 1.165) is 25.6 Å². The van der Waals surface area contributed by atoms with E-state index >= 15 is 0 Å². The molecule has 1 fully saturated rings. The maximum atomic E-state index is 5.52. The molecular weight excluding hydrogens is 228 g/mol. The van der Waals surface area contributed by atoms with Crippen LogP contribution in [0.4, 0.5) is 5.95 Å². The predicted octanol–water partition coefficient (Wildman–Crippen LogP) is 1.82. The molecule has 5 nitrogen and oxygen atoms in total. The highest BCUT2D eigenvalue weighted by molar-refractivity contribution is 5.27. The topological polar surface area (TPSA) is 59.1 Å². The van der Waals surface area contributed by atoms with Crippen molar-refractivity contribution in [2.45, 2.75) is 45.3 Å². The van der Waals surface area contributed by atoms with Gasteiger partial charge in [-0.25, -0.2) is 4.98 Å². The van der Waals surface area contributed by atoms with Crippen molar-refractivity contribution in [3.63, 3.8) is 0 Å². The first-order valence-corrected chi connectivity index (χ1v) is 6.71. The molecule has 0 unspecified atom stereocenters. The monoisotopic (exact) mass is 250 g/mol. The molecule has 0 atom stereocenters. The third-order valence-electron chi connectivity index (χ3n) is 2.63. The minimum Gasteiger partial charge on any atom is -0.475 e. The second-order valence-corrected chi connectivity index (χ2v) is 4.89. The Morgan fingerprint density at radius 1 is 1.39 bits per heavy atom. The molecule has 0 aliphatic heterocycles. The lowest BCUT2D eigenvalue weighted by Gasteiger charge is -2.10. The average molecular weight is 250 g/mol. The lowest BCUT2D eigenvalue weighted by molar-refractivity contribution is 0.232. The molecule has 2 rings (SSSR count). The Morgan fingerprint density at radius 3 is 2.94 bits per heavy atom. The van der Waals surface area contributed by atoms with Crippen LogP contribution in [0.15, 0.2) is 12.3 Å². The van der Waals surface area contributed by atoms with Crippen LogP contribution in [0.25, 0.3) is 0 Å². The summed E-state index contributed by atoms with van der Waals surface area (Å²) in [6.45, 7) is 5.90. The van der Waals surface area contributed by atoms with Crippen molar-refractivity contribution in [1.82, 2.24) is 15.3 Å². The molecule has 1 saturated carbocycles. The van der Waals surface area contributed by atoms with Crippen LogP contribution in [-0.2, 0) is 0 Å². The van der Waals surface area contributed by atoms with Gasteiger partial charge in [-0.1, -0.05) is 0 Å². The van der Waals surface area contributed by atoms with Gasteiger partial charge >= 0.3 is 0 Å². The zero-order chi connectivity index (χ0) is 12.8. The van der Waals surface area contributed by atoms with Crippen molar-refractivity contribution in [3.05, 3.63) is 12.3 Å². The summed E-state index contributed by atoms with van der Waals surface area (Å²) >= 11 is 0. The Kier molecular flexibility index (Phi) is 4.75. The van der Waals surface area contributed by atoms with E-state index in [4.69, 9.17) is 4.74 Å². The van der Waals surface area contributed by atoms with Crippen molar-refractivity contribution < 1.29 is 4.74 Å². The van der Waals surface area contributed by atoms with Crippen LogP contribution in [0.5, 0.6) is 5.88 Å². The van der Waals surface area contributed by atoms with E-state index in [0.29, 0.717) is 11.8 Å². The van der Waals surface area contributed by atoms with Gasteiger partial charge in [-0.2, -0.15) is 4.98 Å². The van der Waals surface area contributed by atoms with Gasteiger partial charge in [0.25, 0.3) is 0 Å². The van der Waals surface area contributed by atoms with Crippen molar-refractivity contribution >= 4 is 5.95 Å². The second kappa shape index (κ2) is 6.54. The quantitative estimate of drug-likeness (QED) is 0.689. The fraction of sp³-hybridized carbons (Fsp3) is 0.692. The molecule has 0 saturated heterocycles. The van der Waals surface area contributed by atoms with Crippen molar-refractivity contribution in [3.8, 4) is 5.88 Å². The summed E-state index contributed by atoms with van der Waals surface area (Å²) in [6, 6.07) is 2.56. The molecule has 1 heterocycles. The summed E-state index contributed by atoms with van der Waals surface area (Å²) in [5, 5.41) is 6.69. The molecule has 18 heavy (non-hydrogen) atoms. The number of hydrogen-bond acceptors (Lipinski definition) is 5. The Hall–Kier alpha value is -1.36. The van der Waals surface area contributed by atoms with Gasteiger partial charge in [0.2, 0.25) is 11.8 Å². The third kappa shape index (κ3) is 4.87.